The van der Waals surface area contributed by atoms with Crippen LogP contribution in [0.1, 0.15) is 44.9 Å². The molecule has 0 saturated carbocycles. The second-order valence-corrected chi connectivity index (χ2v) is 9.40. The van der Waals surface area contributed by atoms with Crippen LogP contribution in [-0.4, -0.2) is 17.3 Å². The molecule has 0 spiro atoms. The molecule has 4 aromatic rings. The van der Waals surface area contributed by atoms with Crippen molar-refractivity contribution in [3.63, 3.8) is 0 Å². The normalized spacial score (nSPS) is 22.3. The molecule has 3 atom stereocenters. The van der Waals surface area contributed by atoms with Gasteiger partial charge in [0.1, 0.15) is 12.3 Å². The predicted molar refractivity (Wildman–Crippen MR) is 122 cm³/mol. The van der Waals surface area contributed by atoms with Gasteiger partial charge in [0, 0.05) is 22.4 Å². The van der Waals surface area contributed by atoms with Crippen molar-refractivity contribution in [2.45, 2.75) is 53.0 Å². The molecule has 4 nitrogen and oxygen atoms in total. The van der Waals surface area contributed by atoms with Gasteiger partial charge in [-0.3, -0.25) is 0 Å². The summed E-state index contributed by atoms with van der Waals surface area (Å²) in [5.74, 6) is 0. The van der Waals surface area contributed by atoms with Gasteiger partial charge in [0.25, 0.3) is 0 Å². The van der Waals surface area contributed by atoms with Gasteiger partial charge in [-0.1, -0.05) is 63.2 Å². The topological polar surface area (TPSA) is 38.5 Å². The van der Waals surface area contributed by atoms with Crippen LogP contribution in [-0.2, 0) is 4.74 Å². The van der Waals surface area contributed by atoms with E-state index in [4.69, 9.17) is 9.15 Å². The van der Waals surface area contributed by atoms with Crippen molar-refractivity contribution in [1.29, 1.82) is 0 Å². The minimum Gasteiger partial charge on any atom is -0.436 e. The molecule has 4 heteroatoms. The lowest BCUT2D eigenvalue weighted by Gasteiger charge is -2.37. The highest BCUT2D eigenvalue weighted by molar-refractivity contribution is 6.08. The quantitative estimate of drug-likeness (QED) is 0.379. The maximum Gasteiger partial charge on any atom is 0.227 e. The lowest BCUT2D eigenvalue weighted by atomic mass is 9.92. The van der Waals surface area contributed by atoms with Gasteiger partial charge in [0.05, 0.1) is 11.7 Å². The highest BCUT2D eigenvalue weighted by Crippen LogP contribution is 2.48. The zero-order valence-corrected chi connectivity index (χ0v) is 18.2. The molecule has 5 rings (SSSR count). The van der Waals surface area contributed by atoms with E-state index in [0.717, 1.165) is 22.0 Å². The van der Waals surface area contributed by atoms with Crippen LogP contribution >= 0.6 is 0 Å². The van der Waals surface area contributed by atoms with Crippen molar-refractivity contribution in [2.75, 3.05) is 4.90 Å². The Bertz CT molecular complexity index is 1210. The van der Waals surface area contributed by atoms with Crippen LogP contribution in [0, 0.1) is 12.3 Å². The summed E-state index contributed by atoms with van der Waals surface area (Å²) in [5, 5.41) is 2.15. The molecular weight excluding hydrogens is 372 g/mol. The van der Waals surface area contributed by atoms with Gasteiger partial charge >= 0.3 is 0 Å². The fraction of sp³-hybridized carbons (Fsp3) is 0.346. The Morgan fingerprint density at radius 2 is 1.70 bits per heavy atom. The van der Waals surface area contributed by atoms with Crippen molar-refractivity contribution in [2.24, 2.45) is 5.41 Å². The molecule has 0 radical (unpaired) electrons. The highest BCUT2D eigenvalue weighted by atomic mass is 16.5. The number of anilines is 1. The van der Waals surface area contributed by atoms with Crippen LogP contribution in [0.2, 0.25) is 0 Å². The van der Waals surface area contributed by atoms with Crippen molar-refractivity contribution in [3.05, 3.63) is 71.9 Å². The Kier molecular flexibility index (Phi) is 4.37. The fourth-order valence-electron chi connectivity index (χ4n) is 4.70. The molecule has 2 unspecified atom stereocenters. The standard InChI is InChI=1S/C26H28N2O2/c1-16-13-14-19-20-12-9-15-27-24(20)29-23(19)21(16)28-17(2)22(18-10-7-6-8-11-18)30-25(28)26(3,4)5/h6-15,17,22,25H,1-5H3/t17-,22?,25?/m0/s1. The summed E-state index contributed by atoms with van der Waals surface area (Å²) in [6.07, 6.45) is 1.69. The SMILES string of the molecule is Cc1ccc2c(oc3ncccc32)c1N1C(C(C)(C)C)OC(c2ccccc2)[C@@H]1C. The zero-order valence-electron chi connectivity index (χ0n) is 18.2. The van der Waals surface area contributed by atoms with Gasteiger partial charge in [-0.25, -0.2) is 4.98 Å². The molecule has 154 valence electrons. The second kappa shape index (κ2) is 6.85. The van der Waals surface area contributed by atoms with Crippen LogP contribution in [0.15, 0.2) is 65.2 Å². The molecule has 1 fully saturated rings. The molecule has 0 aliphatic carbocycles. The summed E-state index contributed by atoms with van der Waals surface area (Å²) >= 11 is 0. The van der Waals surface area contributed by atoms with Gasteiger partial charge in [-0.05, 0) is 37.1 Å². The van der Waals surface area contributed by atoms with Gasteiger partial charge < -0.3 is 14.1 Å². The summed E-state index contributed by atoms with van der Waals surface area (Å²) in [6, 6.07) is 19.0. The smallest absolute Gasteiger partial charge is 0.227 e. The van der Waals surface area contributed by atoms with Crippen LogP contribution in [0.25, 0.3) is 22.1 Å². The van der Waals surface area contributed by atoms with Crippen molar-refractivity contribution in [1.82, 2.24) is 4.98 Å². The number of hydrogen-bond acceptors (Lipinski definition) is 4. The first-order chi connectivity index (χ1) is 14.4. The highest BCUT2D eigenvalue weighted by Gasteiger charge is 2.47. The first-order valence-corrected chi connectivity index (χ1v) is 10.6. The maximum absolute atomic E-state index is 6.74. The number of aryl methyl sites for hydroxylation is 1. The Balaban J connectivity index is 1.72. The lowest BCUT2D eigenvalue weighted by molar-refractivity contribution is -0.0171. The average molecular weight is 401 g/mol. The van der Waals surface area contributed by atoms with E-state index in [-0.39, 0.29) is 23.8 Å². The van der Waals surface area contributed by atoms with E-state index in [9.17, 15) is 0 Å². The van der Waals surface area contributed by atoms with E-state index in [2.05, 4.69) is 93.0 Å². The van der Waals surface area contributed by atoms with Crippen molar-refractivity contribution in [3.8, 4) is 0 Å². The minimum atomic E-state index is -0.0804. The lowest BCUT2D eigenvalue weighted by Crippen LogP contribution is -2.43. The molecule has 30 heavy (non-hydrogen) atoms. The van der Waals surface area contributed by atoms with E-state index in [1.54, 1.807) is 6.20 Å². The van der Waals surface area contributed by atoms with Crippen molar-refractivity contribution >= 4 is 27.8 Å². The number of pyridine rings is 1. The zero-order chi connectivity index (χ0) is 21.0. The van der Waals surface area contributed by atoms with Gasteiger partial charge in [0.2, 0.25) is 5.71 Å². The summed E-state index contributed by atoms with van der Waals surface area (Å²) in [4.78, 5) is 6.88. The average Bonchev–Trinajstić information content (AvgIpc) is 3.26. The van der Waals surface area contributed by atoms with E-state index >= 15 is 0 Å². The van der Waals surface area contributed by atoms with Crippen LogP contribution in [0.5, 0.6) is 0 Å². The summed E-state index contributed by atoms with van der Waals surface area (Å²) in [6.45, 7) is 11.1. The van der Waals surface area contributed by atoms with E-state index in [1.165, 1.54) is 11.1 Å². The molecular formula is C26H28N2O2. The van der Waals surface area contributed by atoms with Gasteiger partial charge in [-0.15, -0.1) is 0 Å². The van der Waals surface area contributed by atoms with E-state index < -0.39 is 0 Å². The molecule has 0 N–H and O–H groups in total. The second-order valence-electron chi connectivity index (χ2n) is 9.40. The molecule has 0 bridgehead atoms. The largest absolute Gasteiger partial charge is 0.436 e. The Morgan fingerprint density at radius 1 is 0.933 bits per heavy atom. The minimum absolute atomic E-state index is 0.00687. The third-order valence-corrected chi connectivity index (χ3v) is 6.13. The Hall–Kier alpha value is -2.85. The predicted octanol–water partition coefficient (Wildman–Crippen LogP) is 6.63. The summed E-state index contributed by atoms with van der Waals surface area (Å²) in [7, 11) is 0. The number of aromatic nitrogens is 1. The first kappa shape index (κ1) is 19.1. The van der Waals surface area contributed by atoms with Gasteiger partial charge in [-0.2, -0.15) is 0 Å². The molecule has 0 amide bonds. The summed E-state index contributed by atoms with van der Waals surface area (Å²) in [5.41, 5.74) is 4.99. The monoisotopic (exact) mass is 400 g/mol. The molecule has 2 aromatic carbocycles. The maximum atomic E-state index is 6.74. The Morgan fingerprint density at radius 3 is 2.43 bits per heavy atom. The molecule has 3 heterocycles. The molecule has 1 aliphatic rings. The van der Waals surface area contributed by atoms with E-state index in [0.29, 0.717) is 5.71 Å². The third-order valence-electron chi connectivity index (χ3n) is 6.13. The van der Waals surface area contributed by atoms with Crippen LogP contribution in [0.3, 0.4) is 0 Å². The molecule has 1 aliphatic heterocycles. The van der Waals surface area contributed by atoms with Crippen LogP contribution < -0.4 is 4.90 Å². The van der Waals surface area contributed by atoms with Crippen molar-refractivity contribution < 1.29 is 9.15 Å². The summed E-state index contributed by atoms with van der Waals surface area (Å²) < 4.78 is 13.1. The number of furan rings is 1. The van der Waals surface area contributed by atoms with Crippen LogP contribution in [0.4, 0.5) is 5.69 Å². The number of fused-ring (bicyclic) bond motifs is 3. The number of ether oxygens (including phenoxy) is 1. The number of rotatable bonds is 2. The number of benzene rings is 2. The van der Waals surface area contributed by atoms with E-state index in [1.807, 2.05) is 6.07 Å². The Labute approximate surface area is 177 Å². The number of nitrogens with zero attached hydrogens (tertiary/aromatic N) is 2. The first-order valence-electron chi connectivity index (χ1n) is 10.6. The third kappa shape index (κ3) is 2.90. The fourth-order valence-corrected chi connectivity index (χ4v) is 4.70. The molecule has 1 saturated heterocycles. The number of hydrogen-bond donors (Lipinski definition) is 0. The molecule has 2 aromatic heterocycles. The van der Waals surface area contributed by atoms with Gasteiger partial charge in [0.15, 0.2) is 5.58 Å².